The molecule has 0 aliphatic carbocycles. The lowest BCUT2D eigenvalue weighted by Gasteiger charge is -2.28. The third-order valence-electron chi connectivity index (χ3n) is 8.49. The maximum absolute atomic E-state index is 12.4. The van der Waals surface area contributed by atoms with Crippen molar-refractivity contribution in [2.75, 3.05) is 43.1 Å². The lowest BCUT2D eigenvalue weighted by Crippen LogP contribution is -2.43. The summed E-state index contributed by atoms with van der Waals surface area (Å²) in [7, 11) is 3.93. The van der Waals surface area contributed by atoms with Crippen LogP contribution in [0.5, 0.6) is 0 Å². The number of benzene rings is 2. The van der Waals surface area contributed by atoms with Gasteiger partial charge in [-0.3, -0.25) is 9.78 Å². The first-order valence-corrected chi connectivity index (χ1v) is 16.3. The van der Waals surface area contributed by atoms with Crippen molar-refractivity contribution in [3.05, 3.63) is 84.2 Å². The molecule has 47 heavy (non-hydrogen) atoms. The molecule has 0 radical (unpaired) electrons. The van der Waals surface area contributed by atoms with Gasteiger partial charge in [-0.1, -0.05) is 50.3 Å². The van der Waals surface area contributed by atoms with Crippen molar-refractivity contribution in [3.63, 3.8) is 0 Å². The molecule has 5 aromatic rings. The highest BCUT2D eigenvalue weighted by molar-refractivity contribution is 6.02. The maximum Gasteiger partial charge on any atom is 0.248 e. The number of carbonyl (C=O) groups is 1. The van der Waals surface area contributed by atoms with E-state index in [2.05, 4.69) is 59.3 Å². The summed E-state index contributed by atoms with van der Waals surface area (Å²) >= 11 is 0. The van der Waals surface area contributed by atoms with E-state index < -0.39 is 0 Å². The molecule has 4 N–H and O–H groups in total. The summed E-state index contributed by atoms with van der Waals surface area (Å²) < 4.78 is 1.80. The van der Waals surface area contributed by atoms with Gasteiger partial charge in [0.15, 0.2) is 5.65 Å². The van der Waals surface area contributed by atoms with Crippen LogP contribution >= 0.6 is 0 Å². The van der Waals surface area contributed by atoms with Gasteiger partial charge < -0.3 is 26.2 Å². The van der Waals surface area contributed by atoms with E-state index in [0.717, 1.165) is 63.9 Å². The molecule has 0 saturated carbocycles. The summed E-state index contributed by atoms with van der Waals surface area (Å²) in [6.07, 6.45) is 9.29. The minimum absolute atomic E-state index is 0.156. The van der Waals surface area contributed by atoms with E-state index >= 15 is 0 Å². The van der Waals surface area contributed by atoms with Crippen LogP contribution in [0.15, 0.2) is 73.1 Å². The van der Waals surface area contributed by atoms with Gasteiger partial charge in [0.05, 0.1) is 11.9 Å². The van der Waals surface area contributed by atoms with E-state index in [4.69, 9.17) is 15.0 Å². The van der Waals surface area contributed by atoms with Gasteiger partial charge in [0.2, 0.25) is 17.8 Å². The van der Waals surface area contributed by atoms with E-state index in [-0.39, 0.29) is 17.9 Å². The van der Waals surface area contributed by atoms with Gasteiger partial charge in [-0.15, -0.1) is 0 Å². The van der Waals surface area contributed by atoms with E-state index in [1.807, 2.05) is 73.9 Å². The molecule has 2 atom stereocenters. The fraction of sp³-hybridized carbons (Fsp3) is 0.361. The Labute approximate surface area is 275 Å². The number of piperidine rings is 1. The van der Waals surface area contributed by atoms with Crippen LogP contribution in [0.1, 0.15) is 50.7 Å². The third kappa shape index (κ3) is 7.58. The van der Waals surface area contributed by atoms with Gasteiger partial charge in [0, 0.05) is 66.2 Å². The van der Waals surface area contributed by atoms with Gasteiger partial charge in [0.25, 0.3) is 0 Å². The van der Waals surface area contributed by atoms with Crippen molar-refractivity contribution in [1.82, 2.24) is 34.8 Å². The number of amides is 1. The zero-order chi connectivity index (χ0) is 32.9. The first kappa shape index (κ1) is 32.1. The van der Waals surface area contributed by atoms with Gasteiger partial charge in [-0.25, -0.2) is 0 Å². The molecular weight excluding hydrogens is 588 g/mol. The molecular formula is C36H44N10O. The molecule has 0 spiro atoms. The molecule has 1 fully saturated rings. The average Bonchev–Trinajstić information content (AvgIpc) is 3.49. The predicted molar refractivity (Wildman–Crippen MR) is 190 cm³/mol. The van der Waals surface area contributed by atoms with Gasteiger partial charge in [-0.05, 0) is 68.9 Å². The second-order valence-electron chi connectivity index (χ2n) is 12.8. The molecule has 11 nitrogen and oxygen atoms in total. The Morgan fingerprint density at radius 3 is 2.77 bits per heavy atom. The van der Waals surface area contributed by atoms with Gasteiger partial charge in [-0.2, -0.15) is 19.6 Å². The second-order valence-corrected chi connectivity index (χ2v) is 12.8. The number of rotatable bonds is 11. The number of aromatic nitrogens is 5. The molecule has 6 rings (SSSR count). The van der Waals surface area contributed by atoms with Crippen LogP contribution in [0.4, 0.5) is 17.6 Å². The van der Waals surface area contributed by atoms with Crippen LogP contribution in [0.3, 0.4) is 0 Å². The van der Waals surface area contributed by atoms with Crippen LogP contribution in [0.2, 0.25) is 0 Å². The molecule has 244 valence electrons. The van der Waals surface area contributed by atoms with E-state index in [0.29, 0.717) is 31.0 Å². The molecule has 1 amide bonds. The highest BCUT2D eigenvalue weighted by atomic mass is 16.1. The zero-order valence-corrected chi connectivity index (χ0v) is 27.8. The summed E-state index contributed by atoms with van der Waals surface area (Å²) in [5.74, 6) is 1.34. The smallest absolute Gasteiger partial charge is 0.248 e. The summed E-state index contributed by atoms with van der Waals surface area (Å²) in [4.78, 5) is 29.0. The van der Waals surface area contributed by atoms with Crippen LogP contribution < -0.4 is 21.3 Å². The van der Waals surface area contributed by atoms with Crippen molar-refractivity contribution >= 4 is 39.9 Å². The quantitative estimate of drug-likeness (QED) is 0.136. The highest BCUT2D eigenvalue weighted by Crippen LogP contribution is 2.31. The lowest BCUT2D eigenvalue weighted by molar-refractivity contribution is -0.111. The topological polar surface area (TPSA) is 124 Å². The van der Waals surface area contributed by atoms with Gasteiger partial charge >= 0.3 is 0 Å². The van der Waals surface area contributed by atoms with Crippen LogP contribution in [0.25, 0.3) is 27.7 Å². The summed E-state index contributed by atoms with van der Waals surface area (Å²) in [5.41, 5.74) is 5.58. The summed E-state index contributed by atoms with van der Waals surface area (Å²) in [6.45, 7) is 8.61. The van der Waals surface area contributed by atoms with E-state index in [1.54, 1.807) is 10.6 Å². The van der Waals surface area contributed by atoms with E-state index in [9.17, 15) is 4.79 Å². The largest absolute Gasteiger partial charge is 0.350 e. The van der Waals surface area contributed by atoms with Crippen molar-refractivity contribution in [1.29, 1.82) is 0 Å². The molecule has 1 aliphatic rings. The Kier molecular flexibility index (Phi) is 9.74. The van der Waals surface area contributed by atoms with Crippen LogP contribution in [-0.2, 0) is 11.3 Å². The normalized spacial score (nSPS) is 16.8. The Balaban J connectivity index is 1.26. The Morgan fingerprint density at radius 1 is 1.13 bits per heavy atom. The Hall–Kier alpha value is -4.87. The zero-order valence-electron chi connectivity index (χ0n) is 27.8. The second kappa shape index (κ2) is 14.3. The van der Waals surface area contributed by atoms with Crippen molar-refractivity contribution in [2.24, 2.45) is 0 Å². The monoisotopic (exact) mass is 632 g/mol. The Morgan fingerprint density at radius 2 is 1.98 bits per heavy atom. The molecule has 1 saturated heterocycles. The molecule has 2 aromatic carbocycles. The average molecular weight is 633 g/mol. The van der Waals surface area contributed by atoms with Crippen LogP contribution in [0, 0.1) is 0 Å². The Bertz CT molecular complexity index is 1890. The highest BCUT2D eigenvalue weighted by Gasteiger charge is 2.21. The van der Waals surface area contributed by atoms with Crippen molar-refractivity contribution < 1.29 is 4.79 Å². The SMILES string of the molecule is CC(C)c1cnn2c(NCc3ccccc3-c3nccc4cc(NC(=O)/C=C/CN(C)C)ccc34)nc(NC3CC[C@@H](C)NC3)nc12. The van der Waals surface area contributed by atoms with E-state index in [1.165, 1.54) is 0 Å². The molecule has 1 aliphatic heterocycles. The predicted octanol–water partition coefficient (Wildman–Crippen LogP) is 5.68. The number of hydrogen-bond donors (Lipinski definition) is 4. The number of nitrogens with one attached hydrogen (secondary N) is 4. The molecule has 0 bridgehead atoms. The number of hydrogen-bond acceptors (Lipinski definition) is 9. The first-order chi connectivity index (χ1) is 22.7. The minimum Gasteiger partial charge on any atom is -0.350 e. The molecule has 3 aromatic heterocycles. The fourth-order valence-electron chi connectivity index (χ4n) is 5.89. The lowest BCUT2D eigenvalue weighted by atomic mass is 9.99. The van der Waals surface area contributed by atoms with Crippen molar-refractivity contribution in [3.8, 4) is 11.3 Å². The fourth-order valence-corrected chi connectivity index (χ4v) is 5.89. The third-order valence-corrected chi connectivity index (χ3v) is 8.49. The summed E-state index contributed by atoms with van der Waals surface area (Å²) in [5, 5.41) is 20.3. The number of likely N-dealkylation sites (N-methyl/N-ethyl adjacent to an activating group) is 1. The number of anilines is 3. The molecule has 11 heteroatoms. The van der Waals surface area contributed by atoms with Crippen molar-refractivity contribution in [2.45, 2.75) is 58.2 Å². The van der Waals surface area contributed by atoms with Gasteiger partial charge in [0.1, 0.15) is 0 Å². The van der Waals surface area contributed by atoms with Crippen LogP contribution in [-0.4, -0.2) is 74.6 Å². The molecule has 4 heterocycles. The number of carbonyl (C=O) groups excluding carboxylic acids is 1. The first-order valence-electron chi connectivity index (χ1n) is 16.3. The number of fused-ring (bicyclic) bond motifs is 2. The number of pyridine rings is 1. The molecule has 1 unspecified atom stereocenters. The number of nitrogens with zero attached hydrogens (tertiary/aromatic N) is 6. The standard InChI is InChI=1S/C36H44N10O/c1-23(2)31-22-40-46-34(31)43-35(42-28-13-12-24(3)38-21-28)44-36(46)39-20-26-9-6-7-10-29(26)33-30-15-14-27(19-25(30)16-17-37-33)41-32(47)11-8-18-45(4)5/h6-11,14-17,19,22-24,28,38H,12-13,18,20-21H2,1-5H3,(H,41,47)(H2,39,42,43,44)/b11-8+/t24-,28?/m1/s1. The maximum atomic E-state index is 12.4. The summed E-state index contributed by atoms with van der Waals surface area (Å²) in [6, 6.07) is 16.9. The minimum atomic E-state index is -0.156.